The molecule has 1 aliphatic carbocycles. The lowest BCUT2D eigenvalue weighted by atomic mass is 9.84. The van der Waals surface area contributed by atoms with Crippen molar-refractivity contribution in [1.82, 2.24) is 0 Å². The fraction of sp³-hybridized carbons (Fsp3) is 0.300. The summed E-state index contributed by atoms with van der Waals surface area (Å²) >= 11 is 0. The van der Waals surface area contributed by atoms with Gasteiger partial charge in [-0.05, 0) is 52.1 Å². The van der Waals surface area contributed by atoms with Crippen molar-refractivity contribution in [3.63, 3.8) is 0 Å². The van der Waals surface area contributed by atoms with E-state index in [0.29, 0.717) is 0 Å². The number of fused-ring (bicyclic) bond motifs is 1. The molecular formula is C20H22. The molecule has 0 heteroatoms. The molecule has 0 unspecified atom stereocenters. The first-order valence-corrected chi connectivity index (χ1v) is 7.37. The molecule has 0 nitrogen and oxygen atoms in total. The van der Waals surface area contributed by atoms with E-state index in [2.05, 4.69) is 76.2 Å². The van der Waals surface area contributed by atoms with E-state index in [4.69, 9.17) is 0 Å². The van der Waals surface area contributed by atoms with Gasteiger partial charge in [-0.15, -0.1) is 0 Å². The van der Waals surface area contributed by atoms with Crippen molar-refractivity contribution in [2.75, 3.05) is 0 Å². The van der Waals surface area contributed by atoms with Gasteiger partial charge in [-0.2, -0.15) is 0 Å². The highest BCUT2D eigenvalue weighted by Crippen LogP contribution is 2.34. The molecule has 0 bridgehead atoms. The number of allylic oxidation sites excluding steroid dienone is 1. The minimum atomic E-state index is 0.210. The van der Waals surface area contributed by atoms with Crippen LogP contribution >= 0.6 is 0 Å². The van der Waals surface area contributed by atoms with Gasteiger partial charge < -0.3 is 0 Å². The summed E-state index contributed by atoms with van der Waals surface area (Å²) in [6, 6.07) is 13.6. The van der Waals surface area contributed by atoms with Crippen LogP contribution in [0.1, 0.15) is 43.0 Å². The number of aryl methyl sites for hydroxylation is 1. The Balaban J connectivity index is 2.13. The maximum Gasteiger partial charge on any atom is -0.00879 e. The van der Waals surface area contributed by atoms with Crippen LogP contribution in [0, 0.1) is 6.92 Å². The Morgan fingerprint density at radius 2 is 1.75 bits per heavy atom. The topological polar surface area (TPSA) is 0 Å². The summed E-state index contributed by atoms with van der Waals surface area (Å²) in [5.41, 5.74) is 8.56. The Hall–Kier alpha value is -1.82. The number of benzene rings is 2. The minimum absolute atomic E-state index is 0.210. The molecule has 0 amide bonds. The maximum atomic E-state index is 2.34. The lowest BCUT2D eigenvalue weighted by molar-refractivity contribution is 0.590. The molecule has 1 aliphatic rings. The van der Waals surface area contributed by atoms with Crippen LogP contribution in [0.15, 0.2) is 42.5 Å². The Bertz CT molecular complexity index is 682. The molecule has 2 aromatic carbocycles. The average molecular weight is 262 g/mol. The molecule has 0 aromatic heterocycles. The third-order valence-corrected chi connectivity index (χ3v) is 4.20. The Morgan fingerprint density at radius 3 is 2.45 bits per heavy atom. The Labute approximate surface area is 122 Å². The first kappa shape index (κ1) is 13.2. The van der Waals surface area contributed by atoms with Gasteiger partial charge in [0.25, 0.3) is 0 Å². The van der Waals surface area contributed by atoms with E-state index in [1.165, 1.54) is 33.4 Å². The lowest BCUT2D eigenvalue weighted by Gasteiger charge is -2.21. The first-order valence-electron chi connectivity index (χ1n) is 7.37. The molecule has 102 valence electrons. The largest absolute Gasteiger partial charge is 0.0795 e. The molecule has 0 atom stereocenters. The van der Waals surface area contributed by atoms with Crippen LogP contribution in [0.2, 0.25) is 0 Å². The Kier molecular flexibility index (Phi) is 3.05. The molecule has 0 N–H and O–H groups in total. The Morgan fingerprint density at radius 1 is 0.950 bits per heavy atom. The molecule has 0 spiro atoms. The van der Waals surface area contributed by atoms with E-state index in [9.17, 15) is 0 Å². The monoisotopic (exact) mass is 262 g/mol. The predicted octanol–water partition coefficient (Wildman–Crippen LogP) is 5.53. The van der Waals surface area contributed by atoms with Gasteiger partial charge in [0, 0.05) is 0 Å². The van der Waals surface area contributed by atoms with Crippen LogP contribution in [-0.4, -0.2) is 0 Å². The van der Waals surface area contributed by atoms with Crippen LogP contribution in [0.4, 0.5) is 0 Å². The molecule has 0 fully saturated rings. The highest BCUT2D eigenvalue weighted by Gasteiger charge is 2.16. The SMILES string of the molecule is Cc1cc(C(C)(C)C)ccc1-c1cccc2c1C=CC2. The molecule has 0 saturated heterocycles. The van der Waals surface area contributed by atoms with E-state index >= 15 is 0 Å². The second kappa shape index (κ2) is 4.63. The normalized spacial score (nSPS) is 13.6. The van der Waals surface area contributed by atoms with E-state index in [-0.39, 0.29) is 5.41 Å². The third kappa shape index (κ3) is 2.20. The van der Waals surface area contributed by atoms with Crippen LogP contribution in [0.3, 0.4) is 0 Å². The molecule has 0 heterocycles. The second-order valence-electron chi connectivity index (χ2n) is 6.76. The van der Waals surface area contributed by atoms with E-state index < -0.39 is 0 Å². The summed E-state index contributed by atoms with van der Waals surface area (Å²) in [5.74, 6) is 0. The number of rotatable bonds is 1. The molecule has 3 rings (SSSR count). The van der Waals surface area contributed by atoms with Gasteiger partial charge in [-0.3, -0.25) is 0 Å². The van der Waals surface area contributed by atoms with Crippen molar-refractivity contribution in [3.8, 4) is 11.1 Å². The zero-order chi connectivity index (χ0) is 14.3. The first-order chi connectivity index (χ1) is 9.47. The van der Waals surface area contributed by atoms with Gasteiger partial charge in [-0.25, -0.2) is 0 Å². The van der Waals surface area contributed by atoms with E-state index in [1.54, 1.807) is 0 Å². The van der Waals surface area contributed by atoms with Gasteiger partial charge in [0.2, 0.25) is 0 Å². The second-order valence-corrected chi connectivity index (χ2v) is 6.76. The lowest BCUT2D eigenvalue weighted by Crippen LogP contribution is -2.11. The van der Waals surface area contributed by atoms with Crippen molar-refractivity contribution in [2.45, 2.75) is 39.5 Å². The smallest absolute Gasteiger partial charge is 0.00879 e. The maximum absolute atomic E-state index is 2.34. The van der Waals surface area contributed by atoms with E-state index in [0.717, 1.165) is 6.42 Å². The third-order valence-electron chi connectivity index (χ3n) is 4.20. The fourth-order valence-electron chi connectivity index (χ4n) is 2.96. The van der Waals surface area contributed by atoms with Gasteiger partial charge in [0.05, 0.1) is 0 Å². The van der Waals surface area contributed by atoms with Gasteiger partial charge in [-0.1, -0.05) is 69.3 Å². The molecule has 0 radical (unpaired) electrons. The molecule has 0 saturated carbocycles. The molecule has 20 heavy (non-hydrogen) atoms. The summed E-state index contributed by atoms with van der Waals surface area (Å²) in [6.45, 7) is 9.03. The summed E-state index contributed by atoms with van der Waals surface area (Å²) in [7, 11) is 0. The van der Waals surface area contributed by atoms with Gasteiger partial charge >= 0.3 is 0 Å². The average Bonchev–Trinajstić information content (AvgIpc) is 2.85. The van der Waals surface area contributed by atoms with Crippen LogP contribution in [0.5, 0.6) is 0 Å². The summed E-state index contributed by atoms with van der Waals surface area (Å²) in [4.78, 5) is 0. The number of hydrogen-bond acceptors (Lipinski definition) is 0. The summed E-state index contributed by atoms with van der Waals surface area (Å²) < 4.78 is 0. The van der Waals surface area contributed by atoms with Gasteiger partial charge in [0.15, 0.2) is 0 Å². The number of hydrogen-bond donors (Lipinski definition) is 0. The van der Waals surface area contributed by atoms with Crippen LogP contribution < -0.4 is 0 Å². The van der Waals surface area contributed by atoms with Gasteiger partial charge in [0.1, 0.15) is 0 Å². The van der Waals surface area contributed by atoms with Crippen molar-refractivity contribution in [2.24, 2.45) is 0 Å². The zero-order valence-corrected chi connectivity index (χ0v) is 12.8. The highest BCUT2D eigenvalue weighted by atomic mass is 14.2. The molecule has 2 aromatic rings. The van der Waals surface area contributed by atoms with Crippen molar-refractivity contribution in [1.29, 1.82) is 0 Å². The van der Waals surface area contributed by atoms with Crippen LogP contribution in [-0.2, 0) is 11.8 Å². The summed E-state index contributed by atoms with van der Waals surface area (Å²) in [6.07, 6.45) is 5.59. The molecular weight excluding hydrogens is 240 g/mol. The standard InChI is InChI=1S/C20H22/c1-14-13-16(20(2,3)4)11-12-17(14)19-10-6-8-15-7-5-9-18(15)19/h5-6,8-13H,7H2,1-4H3. The molecule has 0 aliphatic heterocycles. The fourth-order valence-corrected chi connectivity index (χ4v) is 2.96. The van der Waals surface area contributed by atoms with Crippen molar-refractivity contribution < 1.29 is 0 Å². The van der Waals surface area contributed by atoms with Crippen molar-refractivity contribution >= 4 is 6.08 Å². The van der Waals surface area contributed by atoms with Crippen LogP contribution in [0.25, 0.3) is 17.2 Å². The zero-order valence-electron chi connectivity index (χ0n) is 12.8. The van der Waals surface area contributed by atoms with E-state index in [1.807, 2.05) is 0 Å². The highest BCUT2D eigenvalue weighted by molar-refractivity contribution is 5.81. The summed E-state index contributed by atoms with van der Waals surface area (Å²) in [5, 5.41) is 0. The predicted molar refractivity (Wildman–Crippen MR) is 88.1 cm³/mol. The quantitative estimate of drug-likeness (QED) is 0.634. The van der Waals surface area contributed by atoms with Crippen molar-refractivity contribution in [3.05, 3.63) is 64.7 Å². The minimum Gasteiger partial charge on any atom is -0.0795 e.